The molecular formula is C79H138N2O11. The van der Waals surface area contributed by atoms with E-state index in [-0.39, 0.29) is 38.1 Å². The number of Topliss-reactive ketones (excluding diaryl/α,β-unsaturated/α-hetero) is 1. The summed E-state index contributed by atoms with van der Waals surface area (Å²) in [6.07, 6.45) is 63.1. The summed E-state index contributed by atoms with van der Waals surface area (Å²) in [5, 5.41) is 0. The van der Waals surface area contributed by atoms with E-state index in [1.54, 1.807) is 6.92 Å². The van der Waals surface area contributed by atoms with E-state index in [0.29, 0.717) is 61.0 Å². The van der Waals surface area contributed by atoms with E-state index in [4.69, 9.17) is 28.4 Å². The number of aromatic nitrogens is 2. The van der Waals surface area contributed by atoms with Gasteiger partial charge in [-0.2, -0.15) is 0 Å². The molecule has 1 aliphatic heterocycles. The fourth-order valence-electron chi connectivity index (χ4n) is 12.8. The number of aromatic amines is 1. The van der Waals surface area contributed by atoms with Crippen LogP contribution in [0.25, 0.3) is 0 Å². The topological polar surface area (TPSA) is 161 Å². The Kier molecular flexibility index (Phi) is 51.0. The summed E-state index contributed by atoms with van der Waals surface area (Å²) < 4.78 is 38.5. The van der Waals surface area contributed by atoms with E-state index in [9.17, 15) is 24.0 Å². The first kappa shape index (κ1) is 82.1. The summed E-state index contributed by atoms with van der Waals surface area (Å²) in [6.45, 7) is 12.0. The maximum Gasteiger partial charge on any atom is 0.330 e. The molecule has 1 aliphatic rings. The van der Waals surface area contributed by atoms with Gasteiger partial charge < -0.3 is 28.4 Å². The number of hydrogen-bond donors (Lipinski definition) is 1. The lowest BCUT2D eigenvalue weighted by Gasteiger charge is -2.19. The summed E-state index contributed by atoms with van der Waals surface area (Å²) in [4.78, 5) is 66.7. The number of unbranched alkanes of at least 4 members (excludes halogenated alkanes) is 45. The van der Waals surface area contributed by atoms with Gasteiger partial charge in [0.2, 0.25) is 5.75 Å². The molecule has 0 saturated carbocycles. The molecule has 3 rings (SSSR count). The first-order valence-electron chi connectivity index (χ1n) is 39.0. The monoisotopic (exact) mass is 1290 g/mol. The number of aryl methyl sites for hydroxylation is 1. The number of hydrogen-bond acceptors (Lipinski definition) is 11. The molecule has 1 aromatic carbocycles. The van der Waals surface area contributed by atoms with Crippen molar-refractivity contribution in [1.82, 2.24) is 9.55 Å². The van der Waals surface area contributed by atoms with Crippen LogP contribution in [0, 0.1) is 6.92 Å². The number of nitrogens with one attached hydrogen (secondary N) is 1. The molecule has 0 aliphatic carbocycles. The zero-order valence-electron chi connectivity index (χ0n) is 59.9. The first-order valence-corrected chi connectivity index (χ1v) is 39.0. The minimum atomic E-state index is -0.710. The number of ether oxygens (including phenoxy) is 6. The first-order chi connectivity index (χ1) is 45.1. The SMILES string of the molecule is CCCCCCCCCCCCCCCCCCOc1cc(C(=O)CCCOC(=O)CCC(=O)OC2C[C@H](n3cc(C)c(=O)[nH]c3=O)O[C@@H]2CC)cc(OCCCCCCCCCCCCCCCCCC)c1OCCCCCCCCCCCCCCCCCC. The third-order valence-corrected chi connectivity index (χ3v) is 18.8. The molecule has 92 heavy (non-hydrogen) atoms. The molecule has 2 heterocycles. The molecule has 1 fully saturated rings. The van der Waals surface area contributed by atoms with Crippen molar-refractivity contribution in [1.29, 1.82) is 0 Å². The molecule has 1 unspecified atom stereocenters. The van der Waals surface area contributed by atoms with Crippen molar-refractivity contribution >= 4 is 17.7 Å². The number of carbonyl (C=O) groups is 3. The van der Waals surface area contributed by atoms with Crippen molar-refractivity contribution in [2.45, 2.75) is 400 Å². The largest absolute Gasteiger partial charge is 0.490 e. The zero-order valence-corrected chi connectivity index (χ0v) is 59.9. The van der Waals surface area contributed by atoms with Gasteiger partial charge in [0.1, 0.15) is 12.3 Å². The Labute approximate surface area is 561 Å². The highest BCUT2D eigenvalue weighted by Crippen LogP contribution is 2.40. The van der Waals surface area contributed by atoms with Gasteiger partial charge in [0.25, 0.3) is 5.56 Å². The maximum absolute atomic E-state index is 14.1. The molecule has 1 N–H and O–H groups in total. The quantitative estimate of drug-likeness (QED) is 0.0381. The van der Waals surface area contributed by atoms with Crippen molar-refractivity contribution in [3.63, 3.8) is 0 Å². The van der Waals surface area contributed by atoms with E-state index in [0.717, 1.165) is 38.5 Å². The zero-order chi connectivity index (χ0) is 66.2. The van der Waals surface area contributed by atoms with Gasteiger partial charge in [0, 0.05) is 30.2 Å². The van der Waals surface area contributed by atoms with Gasteiger partial charge in [-0.25, -0.2) is 4.79 Å². The van der Waals surface area contributed by atoms with Crippen molar-refractivity contribution in [2.24, 2.45) is 0 Å². The maximum atomic E-state index is 14.1. The van der Waals surface area contributed by atoms with Gasteiger partial charge in [-0.1, -0.05) is 317 Å². The van der Waals surface area contributed by atoms with E-state index in [1.807, 2.05) is 19.1 Å². The molecule has 1 saturated heterocycles. The summed E-state index contributed by atoms with van der Waals surface area (Å²) in [7, 11) is 0. The number of esters is 2. The lowest BCUT2D eigenvalue weighted by molar-refractivity contribution is -0.155. The molecule has 3 atom stereocenters. The van der Waals surface area contributed by atoms with E-state index in [1.165, 1.54) is 280 Å². The van der Waals surface area contributed by atoms with Gasteiger partial charge in [0.05, 0.1) is 45.4 Å². The second kappa shape index (κ2) is 57.1. The van der Waals surface area contributed by atoms with Crippen molar-refractivity contribution in [3.05, 3.63) is 50.3 Å². The minimum Gasteiger partial charge on any atom is -0.490 e. The van der Waals surface area contributed by atoms with Crippen LogP contribution in [-0.4, -0.2) is 65.9 Å². The molecule has 13 nitrogen and oxygen atoms in total. The number of carbonyl (C=O) groups excluding carboxylic acids is 3. The molecule has 2 aromatic rings. The van der Waals surface area contributed by atoms with Crippen LogP contribution < -0.4 is 25.5 Å². The highest BCUT2D eigenvalue weighted by Gasteiger charge is 2.38. The molecule has 1 aromatic heterocycles. The fourth-order valence-corrected chi connectivity index (χ4v) is 12.8. The highest BCUT2D eigenvalue weighted by atomic mass is 16.6. The van der Waals surface area contributed by atoms with Crippen molar-refractivity contribution in [3.8, 4) is 17.2 Å². The second-order valence-electron chi connectivity index (χ2n) is 27.3. The third kappa shape index (κ3) is 41.0. The van der Waals surface area contributed by atoms with Crippen LogP contribution in [0.15, 0.2) is 27.9 Å². The van der Waals surface area contributed by atoms with E-state index < -0.39 is 41.6 Å². The number of benzene rings is 1. The van der Waals surface area contributed by atoms with Gasteiger partial charge >= 0.3 is 17.6 Å². The number of H-pyrrole nitrogens is 1. The average molecular weight is 1290 g/mol. The van der Waals surface area contributed by atoms with Crippen LogP contribution in [0.3, 0.4) is 0 Å². The summed E-state index contributed by atoms with van der Waals surface area (Å²) in [5.41, 5.74) is -0.209. The Morgan fingerprint density at radius 1 is 0.446 bits per heavy atom. The predicted molar refractivity (Wildman–Crippen MR) is 380 cm³/mol. The Morgan fingerprint density at radius 3 is 1.16 bits per heavy atom. The van der Waals surface area contributed by atoms with Crippen LogP contribution in [0.5, 0.6) is 17.2 Å². The Morgan fingerprint density at radius 2 is 0.793 bits per heavy atom. The van der Waals surface area contributed by atoms with Gasteiger partial charge in [-0.3, -0.25) is 28.7 Å². The fraction of sp³-hybridized carbons (Fsp3) is 0.835. The molecule has 0 radical (unpaired) electrons. The van der Waals surface area contributed by atoms with Crippen molar-refractivity contribution < 1.29 is 42.8 Å². The molecule has 0 amide bonds. The molecule has 0 bridgehead atoms. The smallest absolute Gasteiger partial charge is 0.330 e. The number of ketones is 1. The third-order valence-electron chi connectivity index (χ3n) is 18.8. The lowest BCUT2D eigenvalue weighted by Crippen LogP contribution is -2.33. The van der Waals surface area contributed by atoms with Crippen LogP contribution >= 0.6 is 0 Å². The van der Waals surface area contributed by atoms with Gasteiger partial charge in [0.15, 0.2) is 17.3 Å². The molecule has 530 valence electrons. The highest BCUT2D eigenvalue weighted by molar-refractivity contribution is 5.97. The van der Waals surface area contributed by atoms with Crippen LogP contribution in [0.1, 0.15) is 397 Å². The van der Waals surface area contributed by atoms with Gasteiger partial charge in [-0.05, 0) is 51.2 Å². The normalized spacial score (nSPS) is 14.7. The van der Waals surface area contributed by atoms with E-state index in [2.05, 4.69) is 25.8 Å². The lowest BCUT2D eigenvalue weighted by atomic mass is 10.0. The predicted octanol–water partition coefficient (Wildman–Crippen LogP) is 22.4. The average Bonchev–Trinajstić information content (AvgIpc) is 1.50. The van der Waals surface area contributed by atoms with E-state index >= 15 is 0 Å². The number of nitrogens with zero attached hydrogens (tertiary/aromatic N) is 1. The second-order valence-corrected chi connectivity index (χ2v) is 27.3. The summed E-state index contributed by atoms with van der Waals surface area (Å²) >= 11 is 0. The Balaban J connectivity index is 1.57. The summed E-state index contributed by atoms with van der Waals surface area (Å²) in [6, 6.07) is 3.66. The van der Waals surface area contributed by atoms with Crippen LogP contribution in [0.2, 0.25) is 0 Å². The number of rotatable bonds is 65. The van der Waals surface area contributed by atoms with Crippen molar-refractivity contribution in [2.75, 3.05) is 26.4 Å². The van der Waals surface area contributed by atoms with Crippen LogP contribution in [-0.2, 0) is 23.8 Å². The van der Waals surface area contributed by atoms with Crippen LogP contribution in [0.4, 0.5) is 0 Å². The molecular weight excluding hydrogens is 1150 g/mol. The standard InChI is InChI=1S/C79H138N2O11/c1-6-10-13-16-19-22-25-28-31-34-37-40-43-46-49-52-59-87-72-63-68(69(82)56-55-62-89-75(83)57-58-76(84)92-71-65-74(91-70(71)9-4)81-66-67(5)78(85)80-79(81)86)64-73(88-60-53-50-47-44-41-38-35-32-29-26-23-20-17-14-11-7-2)77(72)90-61-54-51-48-45-42-39-36-33-30-27-24-21-18-15-12-8-3/h63-64,66,70-71,74H,6-62,65H2,1-5H3,(H,80,85,86)/t70-,71?,74-/m1/s1. The Hall–Kier alpha value is -4.13. The summed E-state index contributed by atoms with van der Waals surface area (Å²) in [5.74, 6) is 0.464. The van der Waals surface area contributed by atoms with Gasteiger partial charge in [-0.15, -0.1) is 0 Å². The molecule has 0 spiro atoms. The Bertz CT molecular complexity index is 2180. The molecule has 13 heteroatoms. The minimum absolute atomic E-state index is 0.0226.